The number of nitrogens with zero attached hydrogens (tertiary/aromatic N) is 1. The molecule has 0 spiro atoms. The molecule has 2 heteroatoms. The second-order valence-corrected chi connectivity index (χ2v) is 14.3. The number of anilines is 3. The van der Waals surface area contributed by atoms with Gasteiger partial charge in [-0.15, -0.1) is 11.3 Å². The van der Waals surface area contributed by atoms with Crippen molar-refractivity contribution >= 4 is 70.1 Å². The van der Waals surface area contributed by atoms with Crippen molar-refractivity contribution in [1.29, 1.82) is 0 Å². The lowest BCUT2D eigenvalue weighted by atomic mass is 9.93. The predicted molar refractivity (Wildman–Crippen MR) is 225 cm³/mol. The van der Waals surface area contributed by atoms with Crippen molar-refractivity contribution in [3.63, 3.8) is 0 Å². The number of hydrogen-bond donors (Lipinski definition) is 0. The molecule has 244 valence electrons. The number of rotatable bonds is 6. The Balaban J connectivity index is 1.15. The summed E-state index contributed by atoms with van der Waals surface area (Å²) < 4.78 is 2.59. The SMILES string of the molecule is c1ccc(-c2ccc(N(c3ccc(-c4cc5ccccc5c5ccccc45)cc3)c3cccc4c3sc3c(-c5ccccc5)cccc34)cc2)cc1. The molecule has 0 radical (unpaired) electrons. The van der Waals surface area contributed by atoms with Gasteiger partial charge >= 0.3 is 0 Å². The Kier molecular flexibility index (Phi) is 7.41. The molecule has 9 aromatic carbocycles. The summed E-state index contributed by atoms with van der Waals surface area (Å²) in [6.45, 7) is 0. The number of benzene rings is 9. The van der Waals surface area contributed by atoms with Crippen molar-refractivity contribution in [2.24, 2.45) is 0 Å². The van der Waals surface area contributed by atoms with Gasteiger partial charge < -0.3 is 4.90 Å². The van der Waals surface area contributed by atoms with Crippen LogP contribution in [0.5, 0.6) is 0 Å². The summed E-state index contributed by atoms with van der Waals surface area (Å²) in [5, 5.41) is 7.67. The Morgan fingerprint density at radius 2 is 0.808 bits per heavy atom. The molecule has 0 N–H and O–H groups in total. The van der Waals surface area contributed by atoms with Gasteiger partial charge in [0.2, 0.25) is 0 Å². The van der Waals surface area contributed by atoms with Crippen LogP contribution in [0.15, 0.2) is 200 Å². The molecule has 1 nitrogen and oxygen atoms in total. The fourth-order valence-electron chi connectivity index (χ4n) is 7.77. The average Bonchev–Trinajstić information content (AvgIpc) is 3.62. The predicted octanol–water partition coefficient (Wildman–Crippen LogP) is 14.8. The number of fused-ring (bicyclic) bond motifs is 6. The minimum atomic E-state index is 1.12. The zero-order valence-electron chi connectivity index (χ0n) is 28.4. The zero-order chi connectivity index (χ0) is 34.4. The summed E-state index contributed by atoms with van der Waals surface area (Å²) in [4.78, 5) is 2.43. The second-order valence-electron chi connectivity index (χ2n) is 13.3. The maximum atomic E-state index is 2.43. The molecule has 52 heavy (non-hydrogen) atoms. The third kappa shape index (κ3) is 5.16. The van der Waals surface area contributed by atoms with Gasteiger partial charge in [-0.25, -0.2) is 0 Å². The van der Waals surface area contributed by atoms with E-state index in [4.69, 9.17) is 0 Å². The monoisotopic (exact) mass is 679 g/mol. The molecule has 0 aliphatic carbocycles. The first-order valence-electron chi connectivity index (χ1n) is 17.8. The van der Waals surface area contributed by atoms with Crippen LogP contribution in [-0.2, 0) is 0 Å². The Labute approximate surface area is 307 Å². The smallest absolute Gasteiger partial charge is 0.0640 e. The van der Waals surface area contributed by atoms with Gasteiger partial charge in [0.05, 0.1) is 10.4 Å². The minimum absolute atomic E-state index is 1.12. The molecule has 0 saturated heterocycles. The number of thiophene rings is 1. The van der Waals surface area contributed by atoms with E-state index in [-0.39, 0.29) is 0 Å². The zero-order valence-corrected chi connectivity index (χ0v) is 29.2. The van der Waals surface area contributed by atoms with E-state index in [1.807, 2.05) is 11.3 Å². The molecule has 1 heterocycles. The molecule has 10 rings (SSSR count). The lowest BCUT2D eigenvalue weighted by Gasteiger charge is -2.26. The summed E-state index contributed by atoms with van der Waals surface area (Å²) >= 11 is 1.89. The standard InChI is InChI=1S/C50H33NS/c1-3-13-34(14-4-1)35-25-29-39(30-26-35)51(48-24-12-23-46-45-22-11-21-42(49(45)52-50(46)48)36-15-5-2-6-16-36)40-31-27-37(28-32-40)47-33-38-17-7-8-18-41(38)43-19-9-10-20-44(43)47/h1-33H. The molecule has 1 aromatic heterocycles. The molecule has 10 aromatic rings. The van der Waals surface area contributed by atoms with E-state index >= 15 is 0 Å². The highest BCUT2D eigenvalue weighted by Crippen LogP contribution is 2.47. The van der Waals surface area contributed by atoms with Gasteiger partial charge in [0.15, 0.2) is 0 Å². The Bertz CT molecular complexity index is 2870. The first-order valence-corrected chi connectivity index (χ1v) is 18.6. The van der Waals surface area contributed by atoms with E-state index in [9.17, 15) is 0 Å². The lowest BCUT2D eigenvalue weighted by Crippen LogP contribution is -2.10. The van der Waals surface area contributed by atoms with E-state index in [1.165, 1.54) is 80.8 Å². The van der Waals surface area contributed by atoms with E-state index in [1.54, 1.807) is 0 Å². The molecular weight excluding hydrogens is 647 g/mol. The highest BCUT2D eigenvalue weighted by Gasteiger charge is 2.20. The summed E-state index contributed by atoms with van der Waals surface area (Å²) in [5.74, 6) is 0. The molecule has 0 bridgehead atoms. The highest BCUT2D eigenvalue weighted by molar-refractivity contribution is 7.27. The van der Waals surface area contributed by atoms with Crippen LogP contribution >= 0.6 is 11.3 Å². The molecule has 0 fully saturated rings. The molecule has 0 unspecified atom stereocenters. The Hall–Kier alpha value is -6.48. The average molecular weight is 680 g/mol. The van der Waals surface area contributed by atoms with Crippen molar-refractivity contribution in [3.8, 4) is 33.4 Å². The summed E-state index contributed by atoms with van der Waals surface area (Å²) in [7, 11) is 0. The fourth-order valence-corrected chi connectivity index (χ4v) is 9.11. The van der Waals surface area contributed by atoms with Gasteiger partial charge in [0.1, 0.15) is 0 Å². The van der Waals surface area contributed by atoms with E-state index < -0.39 is 0 Å². The van der Waals surface area contributed by atoms with Gasteiger partial charge in [-0.05, 0) is 91.3 Å². The van der Waals surface area contributed by atoms with Crippen LogP contribution in [0.4, 0.5) is 17.1 Å². The van der Waals surface area contributed by atoms with Crippen molar-refractivity contribution in [2.45, 2.75) is 0 Å². The van der Waals surface area contributed by atoms with Crippen LogP contribution in [0.2, 0.25) is 0 Å². The quantitative estimate of drug-likeness (QED) is 0.158. The first kappa shape index (κ1) is 30.4. The van der Waals surface area contributed by atoms with Gasteiger partial charge in [0.25, 0.3) is 0 Å². The van der Waals surface area contributed by atoms with Gasteiger partial charge in [-0.2, -0.15) is 0 Å². The van der Waals surface area contributed by atoms with Crippen LogP contribution in [0.1, 0.15) is 0 Å². The van der Waals surface area contributed by atoms with Crippen LogP contribution in [0.25, 0.3) is 75.1 Å². The van der Waals surface area contributed by atoms with Crippen LogP contribution in [0.3, 0.4) is 0 Å². The van der Waals surface area contributed by atoms with Crippen molar-refractivity contribution in [3.05, 3.63) is 200 Å². The van der Waals surface area contributed by atoms with Crippen molar-refractivity contribution in [1.82, 2.24) is 0 Å². The summed E-state index contributed by atoms with van der Waals surface area (Å²) in [6.07, 6.45) is 0. The van der Waals surface area contributed by atoms with Crippen molar-refractivity contribution in [2.75, 3.05) is 4.90 Å². The molecule has 0 saturated carbocycles. The number of hydrogen-bond acceptors (Lipinski definition) is 2. The normalized spacial score (nSPS) is 11.5. The maximum absolute atomic E-state index is 2.43. The second kappa shape index (κ2) is 12.7. The van der Waals surface area contributed by atoms with Crippen LogP contribution in [0, 0.1) is 0 Å². The third-order valence-corrected chi connectivity index (χ3v) is 11.5. The minimum Gasteiger partial charge on any atom is -0.309 e. The van der Waals surface area contributed by atoms with E-state index in [0.29, 0.717) is 0 Å². The Morgan fingerprint density at radius 1 is 0.308 bits per heavy atom. The van der Waals surface area contributed by atoms with E-state index in [2.05, 4.69) is 205 Å². The van der Waals surface area contributed by atoms with E-state index in [0.717, 1.165) is 11.4 Å². The topological polar surface area (TPSA) is 3.24 Å². The molecule has 0 aliphatic heterocycles. The molecule has 0 atom stereocenters. The largest absolute Gasteiger partial charge is 0.309 e. The maximum Gasteiger partial charge on any atom is 0.0640 e. The fraction of sp³-hybridized carbons (Fsp3) is 0. The summed E-state index contributed by atoms with van der Waals surface area (Å²) in [6, 6.07) is 72.8. The molecule has 0 aliphatic rings. The van der Waals surface area contributed by atoms with Gasteiger partial charge in [-0.3, -0.25) is 0 Å². The molecule has 0 amide bonds. The van der Waals surface area contributed by atoms with Crippen LogP contribution in [-0.4, -0.2) is 0 Å². The van der Waals surface area contributed by atoms with Crippen LogP contribution < -0.4 is 4.90 Å². The van der Waals surface area contributed by atoms with Crippen molar-refractivity contribution < 1.29 is 0 Å². The van der Waals surface area contributed by atoms with Gasteiger partial charge in [-0.1, -0.05) is 164 Å². The highest BCUT2D eigenvalue weighted by atomic mass is 32.1. The Morgan fingerprint density at radius 3 is 1.52 bits per heavy atom. The summed E-state index contributed by atoms with van der Waals surface area (Å²) in [5.41, 5.74) is 10.8. The van der Waals surface area contributed by atoms with Gasteiger partial charge in [0, 0.05) is 26.8 Å². The molecular formula is C50H33NS. The third-order valence-electron chi connectivity index (χ3n) is 10.3. The lowest BCUT2D eigenvalue weighted by molar-refractivity contribution is 1.30. The first-order chi connectivity index (χ1) is 25.8.